The van der Waals surface area contributed by atoms with Gasteiger partial charge >= 0.3 is 0 Å². The Balaban J connectivity index is 3.13. The van der Waals surface area contributed by atoms with Crippen LogP contribution in [-0.4, -0.2) is 4.98 Å². The average Bonchev–Trinajstić information content (AvgIpc) is 2.08. The van der Waals surface area contributed by atoms with Crippen LogP contribution >= 0.6 is 38.9 Å². The minimum Gasteiger partial charge on any atom is -0.232 e. The largest absolute Gasteiger partial charge is 0.232 e. The Hall–Kier alpha value is 0.400. The van der Waals surface area contributed by atoms with Crippen LogP contribution in [0.3, 0.4) is 0 Å². The minimum absolute atomic E-state index is 0.0413. The highest BCUT2D eigenvalue weighted by molar-refractivity contribution is 9.11. The van der Waals surface area contributed by atoms with E-state index in [1.54, 1.807) is 0 Å². The van der Waals surface area contributed by atoms with Gasteiger partial charge in [-0.1, -0.05) is 43.7 Å². The van der Waals surface area contributed by atoms with E-state index in [1.165, 1.54) is 11.3 Å². The van der Waals surface area contributed by atoms with Crippen LogP contribution in [0.4, 0.5) is 0 Å². The van der Waals surface area contributed by atoms with Crippen molar-refractivity contribution in [3.8, 4) is 0 Å². The van der Waals surface area contributed by atoms with Crippen molar-refractivity contribution in [2.24, 2.45) is 0 Å². The van der Waals surface area contributed by atoms with Crippen LogP contribution in [0.5, 0.6) is 0 Å². The summed E-state index contributed by atoms with van der Waals surface area (Å²) in [6.07, 6.45) is 0. The first-order valence-corrected chi connectivity index (χ1v) is 5.22. The summed E-state index contributed by atoms with van der Waals surface area (Å²) < 4.78 is 1.64. The van der Waals surface area contributed by atoms with Gasteiger partial charge in [-0.2, -0.15) is 0 Å². The summed E-state index contributed by atoms with van der Waals surface area (Å²) in [7, 11) is 0. The molecule has 0 N–H and O–H groups in total. The van der Waals surface area contributed by atoms with Gasteiger partial charge in [0.15, 0.2) is 3.92 Å². The van der Waals surface area contributed by atoms with Crippen LogP contribution in [-0.2, 0) is 5.41 Å². The van der Waals surface area contributed by atoms with Gasteiger partial charge in [0.1, 0.15) is 4.34 Å². The Morgan fingerprint density at radius 2 is 2.00 bits per heavy atom. The molecule has 1 aromatic heterocycles. The van der Waals surface area contributed by atoms with E-state index in [-0.39, 0.29) is 5.41 Å². The quantitative estimate of drug-likeness (QED) is 0.685. The molecule has 4 heteroatoms. The first-order valence-electron chi connectivity index (χ1n) is 3.23. The molecule has 0 saturated carbocycles. The zero-order valence-corrected chi connectivity index (χ0v) is 9.77. The summed E-state index contributed by atoms with van der Waals surface area (Å²) in [6.45, 7) is 6.29. The number of hydrogen-bond donors (Lipinski definition) is 0. The Morgan fingerprint density at radius 1 is 1.45 bits per heavy atom. The van der Waals surface area contributed by atoms with E-state index < -0.39 is 0 Å². The van der Waals surface area contributed by atoms with Gasteiger partial charge in [-0.3, -0.25) is 0 Å². The van der Waals surface area contributed by atoms with E-state index in [0.717, 1.165) is 13.9 Å². The second-order valence-electron chi connectivity index (χ2n) is 3.34. The van der Waals surface area contributed by atoms with Gasteiger partial charge in [0, 0.05) is 5.41 Å². The number of nitrogens with zero attached hydrogens (tertiary/aromatic N) is 1. The van der Waals surface area contributed by atoms with Crippen LogP contribution in [0.1, 0.15) is 26.5 Å². The summed E-state index contributed by atoms with van der Waals surface area (Å²) in [4.78, 5) is 4.28. The maximum absolute atomic E-state index is 5.96. The number of aromatic nitrogens is 1. The molecule has 0 saturated heterocycles. The van der Waals surface area contributed by atoms with Crippen molar-refractivity contribution in [1.82, 2.24) is 4.98 Å². The van der Waals surface area contributed by atoms with Gasteiger partial charge in [-0.05, 0) is 15.9 Å². The monoisotopic (exact) mass is 253 g/mol. The van der Waals surface area contributed by atoms with Gasteiger partial charge in [-0.15, -0.1) is 0 Å². The van der Waals surface area contributed by atoms with Crippen molar-refractivity contribution < 1.29 is 0 Å². The molecule has 1 aromatic rings. The van der Waals surface area contributed by atoms with Crippen LogP contribution in [0.25, 0.3) is 0 Å². The number of hydrogen-bond acceptors (Lipinski definition) is 2. The lowest BCUT2D eigenvalue weighted by molar-refractivity contribution is 0.572. The SMILES string of the molecule is CC(C)(C)c1nc(Br)sc1Cl. The first-order chi connectivity index (χ1) is 4.91. The molecule has 0 spiro atoms. The average molecular weight is 255 g/mol. The smallest absolute Gasteiger partial charge is 0.160 e. The molecule has 0 amide bonds. The van der Waals surface area contributed by atoms with Gasteiger partial charge in [-0.25, -0.2) is 4.98 Å². The van der Waals surface area contributed by atoms with E-state index in [9.17, 15) is 0 Å². The van der Waals surface area contributed by atoms with Crippen LogP contribution in [0.15, 0.2) is 3.92 Å². The normalized spacial score (nSPS) is 12.1. The fraction of sp³-hybridized carbons (Fsp3) is 0.571. The lowest BCUT2D eigenvalue weighted by atomic mass is 9.93. The van der Waals surface area contributed by atoms with Crippen LogP contribution in [0, 0.1) is 0 Å². The van der Waals surface area contributed by atoms with Crippen molar-refractivity contribution in [2.75, 3.05) is 0 Å². The molecular formula is C7H9BrClNS. The van der Waals surface area contributed by atoms with Crippen LogP contribution < -0.4 is 0 Å². The fourth-order valence-corrected chi connectivity index (χ4v) is 2.96. The molecule has 0 fully saturated rings. The molecule has 0 aliphatic carbocycles. The Bertz CT molecular complexity index is 264. The number of thiazole rings is 1. The van der Waals surface area contributed by atoms with E-state index in [2.05, 4.69) is 41.7 Å². The third kappa shape index (κ3) is 2.17. The Kier molecular flexibility index (Phi) is 2.62. The minimum atomic E-state index is 0.0413. The van der Waals surface area contributed by atoms with Crippen molar-refractivity contribution in [1.29, 1.82) is 0 Å². The van der Waals surface area contributed by atoms with E-state index in [1.807, 2.05) is 0 Å². The zero-order valence-electron chi connectivity index (χ0n) is 6.61. The lowest BCUT2D eigenvalue weighted by Crippen LogP contribution is -2.11. The van der Waals surface area contributed by atoms with Gasteiger partial charge in [0.25, 0.3) is 0 Å². The standard InChI is InChI=1S/C7H9BrClNS/c1-7(2,3)4-5(9)11-6(8)10-4/h1-3H3. The van der Waals surface area contributed by atoms with Crippen molar-refractivity contribution in [3.05, 3.63) is 13.9 Å². The Morgan fingerprint density at radius 3 is 2.18 bits per heavy atom. The first kappa shape index (κ1) is 9.49. The summed E-state index contributed by atoms with van der Waals surface area (Å²) in [5, 5.41) is 0. The molecule has 0 atom stereocenters. The van der Waals surface area contributed by atoms with Crippen molar-refractivity contribution in [2.45, 2.75) is 26.2 Å². The third-order valence-electron chi connectivity index (χ3n) is 1.27. The number of rotatable bonds is 0. The molecule has 11 heavy (non-hydrogen) atoms. The van der Waals surface area contributed by atoms with E-state index in [0.29, 0.717) is 0 Å². The molecular weight excluding hydrogens is 246 g/mol. The maximum Gasteiger partial charge on any atom is 0.160 e. The molecule has 0 bridgehead atoms. The Labute approximate surface area is 83.9 Å². The molecule has 1 rings (SSSR count). The molecule has 0 unspecified atom stereocenters. The lowest BCUT2D eigenvalue weighted by Gasteiger charge is -2.14. The van der Waals surface area contributed by atoms with Crippen molar-refractivity contribution in [3.63, 3.8) is 0 Å². The molecule has 0 aliphatic heterocycles. The van der Waals surface area contributed by atoms with Crippen LogP contribution in [0.2, 0.25) is 4.34 Å². The molecule has 1 nitrogen and oxygen atoms in total. The predicted octanol–water partition coefficient (Wildman–Crippen LogP) is 3.86. The van der Waals surface area contributed by atoms with E-state index in [4.69, 9.17) is 11.6 Å². The highest BCUT2D eigenvalue weighted by atomic mass is 79.9. The topological polar surface area (TPSA) is 12.9 Å². The summed E-state index contributed by atoms with van der Waals surface area (Å²) in [6, 6.07) is 0. The second-order valence-corrected chi connectivity index (χ2v) is 6.22. The molecule has 0 aromatic carbocycles. The molecule has 1 heterocycles. The molecule has 0 aliphatic rings. The summed E-state index contributed by atoms with van der Waals surface area (Å²) >= 11 is 10.7. The zero-order chi connectivity index (χ0) is 8.65. The molecule has 62 valence electrons. The summed E-state index contributed by atoms with van der Waals surface area (Å²) in [5.74, 6) is 0. The predicted molar refractivity (Wildman–Crippen MR) is 53.5 cm³/mol. The van der Waals surface area contributed by atoms with E-state index >= 15 is 0 Å². The second kappa shape index (κ2) is 3.04. The fourth-order valence-electron chi connectivity index (χ4n) is 0.739. The highest BCUT2D eigenvalue weighted by Crippen LogP contribution is 2.35. The molecule has 0 radical (unpaired) electrons. The maximum atomic E-state index is 5.96. The number of halogens is 2. The summed E-state index contributed by atoms with van der Waals surface area (Å²) in [5.41, 5.74) is 1.01. The highest BCUT2D eigenvalue weighted by Gasteiger charge is 2.21. The van der Waals surface area contributed by atoms with Gasteiger partial charge in [0.2, 0.25) is 0 Å². The van der Waals surface area contributed by atoms with Gasteiger partial charge < -0.3 is 0 Å². The van der Waals surface area contributed by atoms with Crippen molar-refractivity contribution >= 4 is 38.9 Å². The van der Waals surface area contributed by atoms with Gasteiger partial charge in [0.05, 0.1) is 5.69 Å². The third-order valence-corrected chi connectivity index (χ3v) is 2.98.